The van der Waals surface area contributed by atoms with E-state index in [2.05, 4.69) is 19.2 Å². The zero-order valence-electron chi connectivity index (χ0n) is 19.0. The molecule has 0 radical (unpaired) electrons. The maximum absolute atomic E-state index is 6.05. The highest BCUT2D eigenvalue weighted by molar-refractivity contribution is 4.66. The second-order valence-corrected chi connectivity index (χ2v) is 8.19. The van der Waals surface area contributed by atoms with E-state index < -0.39 is 0 Å². The number of rotatable bonds is 15. The first-order valence-electron chi connectivity index (χ1n) is 12.0. The van der Waals surface area contributed by atoms with Crippen LogP contribution in [-0.2, 0) is 4.74 Å². The molecule has 0 bridgehead atoms. The molecule has 0 amide bonds. The Hall–Kier alpha value is -0.0800. The molecule has 0 heterocycles. The van der Waals surface area contributed by atoms with Gasteiger partial charge in [0, 0.05) is 6.61 Å². The molecule has 26 heavy (non-hydrogen) atoms. The van der Waals surface area contributed by atoms with Crippen LogP contribution in [0, 0.1) is 11.8 Å². The quantitative estimate of drug-likeness (QED) is 0.236. The number of ether oxygens (including phenoxy) is 1. The lowest BCUT2D eigenvalue weighted by Gasteiger charge is -2.22. The zero-order chi connectivity index (χ0) is 19.5. The Labute approximate surface area is 166 Å². The summed E-state index contributed by atoms with van der Waals surface area (Å²) < 4.78 is 6.05. The van der Waals surface area contributed by atoms with E-state index in [1.54, 1.807) is 0 Å². The standard InChI is InChI=1S/C22H45NO.C2H6/c1-4-5-9-14-20(2)19-22(23-3)24-18-13-7-6-10-15-21-16-11-8-12-17-21;1-2/h20-23H,4-19H2,1-3H3;1-2H3. The largest absolute Gasteiger partial charge is 0.363 e. The molecule has 0 aromatic heterocycles. The normalized spacial score (nSPS) is 17.4. The van der Waals surface area contributed by atoms with Gasteiger partial charge in [-0.25, -0.2) is 0 Å². The summed E-state index contributed by atoms with van der Waals surface area (Å²) in [6, 6.07) is 0. The van der Waals surface area contributed by atoms with Crippen LogP contribution in [-0.4, -0.2) is 19.9 Å². The van der Waals surface area contributed by atoms with Crippen molar-refractivity contribution in [3.8, 4) is 0 Å². The van der Waals surface area contributed by atoms with Crippen molar-refractivity contribution in [2.45, 2.75) is 130 Å². The molecule has 0 spiro atoms. The average molecular weight is 370 g/mol. The fraction of sp³-hybridized carbons (Fsp3) is 1.00. The van der Waals surface area contributed by atoms with E-state index in [-0.39, 0.29) is 6.23 Å². The minimum atomic E-state index is 0.254. The molecule has 0 saturated heterocycles. The second kappa shape index (κ2) is 19.7. The molecule has 158 valence electrons. The lowest BCUT2D eigenvalue weighted by atomic mass is 9.85. The molecule has 1 N–H and O–H groups in total. The monoisotopic (exact) mass is 369 g/mol. The van der Waals surface area contributed by atoms with Crippen molar-refractivity contribution in [1.82, 2.24) is 5.32 Å². The van der Waals surface area contributed by atoms with Crippen molar-refractivity contribution in [3.63, 3.8) is 0 Å². The van der Waals surface area contributed by atoms with E-state index in [1.807, 2.05) is 20.9 Å². The van der Waals surface area contributed by atoms with Crippen molar-refractivity contribution >= 4 is 0 Å². The van der Waals surface area contributed by atoms with Gasteiger partial charge >= 0.3 is 0 Å². The van der Waals surface area contributed by atoms with Crippen LogP contribution in [0.15, 0.2) is 0 Å². The van der Waals surface area contributed by atoms with Crippen molar-refractivity contribution in [1.29, 1.82) is 0 Å². The van der Waals surface area contributed by atoms with E-state index in [4.69, 9.17) is 4.74 Å². The lowest BCUT2D eigenvalue weighted by molar-refractivity contribution is 0.0167. The molecule has 2 unspecified atom stereocenters. The molecule has 2 nitrogen and oxygen atoms in total. The average Bonchev–Trinajstić information content (AvgIpc) is 2.69. The molecule has 0 aromatic carbocycles. The fourth-order valence-corrected chi connectivity index (χ4v) is 4.09. The van der Waals surface area contributed by atoms with Crippen molar-refractivity contribution in [2.24, 2.45) is 11.8 Å². The Morgan fingerprint density at radius 3 is 2.27 bits per heavy atom. The van der Waals surface area contributed by atoms with E-state index in [9.17, 15) is 0 Å². The Kier molecular flexibility index (Phi) is 19.6. The van der Waals surface area contributed by atoms with Gasteiger partial charge in [0.15, 0.2) is 0 Å². The molecule has 1 aliphatic rings. The summed E-state index contributed by atoms with van der Waals surface area (Å²) in [6.45, 7) is 9.57. The Bertz CT molecular complexity index is 263. The Morgan fingerprint density at radius 2 is 1.62 bits per heavy atom. The van der Waals surface area contributed by atoms with Gasteiger partial charge in [-0.2, -0.15) is 0 Å². The fourth-order valence-electron chi connectivity index (χ4n) is 4.09. The predicted molar refractivity (Wildman–Crippen MR) is 118 cm³/mol. The maximum Gasteiger partial charge on any atom is 0.108 e. The van der Waals surface area contributed by atoms with Crippen LogP contribution >= 0.6 is 0 Å². The van der Waals surface area contributed by atoms with Crippen molar-refractivity contribution in [2.75, 3.05) is 13.7 Å². The van der Waals surface area contributed by atoms with Crippen LogP contribution in [0.1, 0.15) is 124 Å². The Morgan fingerprint density at radius 1 is 0.923 bits per heavy atom. The third-order valence-corrected chi connectivity index (χ3v) is 5.79. The van der Waals surface area contributed by atoms with Gasteiger partial charge in [-0.1, -0.05) is 111 Å². The van der Waals surface area contributed by atoms with Gasteiger partial charge in [-0.3, -0.25) is 5.32 Å². The molecule has 1 rings (SSSR count). The molecule has 1 saturated carbocycles. The summed E-state index contributed by atoms with van der Waals surface area (Å²) in [5, 5.41) is 3.35. The van der Waals surface area contributed by atoms with Crippen molar-refractivity contribution in [3.05, 3.63) is 0 Å². The summed E-state index contributed by atoms with van der Waals surface area (Å²) in [5.74, 6) is 1.82. The third-order valence-electron chi connectivity index (χ3n) is 5.79. The summed E-state index contributed by atoms with van der Waals surface area (Å²) in [4.78, 5) is 0. The van der Waals surface area contributed by atoms with E-state index >= 15 is 0 Å². The molecular weight excluding hydrogens is 318 g/mol. The van der Waals surface area contributed by atoms with Gasteiger partial charge < -0.3 is 4.74 Å². The minimum Gasteiger partial charge on any atom is -0.363 e. The van der Waals surface area contributed by atoms with Crippen LogP contribution in [0.3, 0.4) is 0 Å². The Balaban J connectivity index is 0.00000301. The van der Waals surface area contributed by atoms with E-state index in [0.29, 0.717) is 0 Å². The molecule has 2 heteroatoms. The molecular formula is C24H51NO. The van der Waals surface area contributed by atoms with Gasteiger partial charge in [0.25, 0.3) is 0 Å². The number of nitrogens with one attached hydrogen (secondary N) is 1. The van der Waals surface area contributed by atoms with Crippen LogP contribution in [0.25, 0.3) is 0 Å². The van der Waals surface area contributed by atoms with Gasteiger partial charge in [0.05, 0.1) is 0 Å². The van der Waals surface area contributed by atoms with Gasteiger partial charge in [0.2, 0.25) is 0 Å². The van der Waals surface area contributed by atoms with E-state index in [1.165, 1.54) is 89.9 Å². The molecule has 1 fully saturated rings. The first-order chi connectivity index (χ1) is 12.8. The molecule has 0 aromatic rings. The number of unbranched alkanes of at least 4 members (excludes halogenated alkanes) is 5. The van der Waals surface area contributed by atoms with Crippen LogP contribution in [0.5, 0.6) is 0 Å². The first-order valence-corrected chi connectivity index (χ1v) is 12.0. The summed E-state index contributed by atoms with van der Waals surface area (Å²) in [7, 11) is 2.04. The van der Waals surface area contributed by atoms with Gasteiger partial charge in [-0.15, -0.1) is 0 Å². The molecule has 1 aliphatic carbocycles. The molecule has 0 aliphatic heterocycles. The SMILES string of the molecule is CC.CCCCCC(C)CC(NC)OCCCCCCC1CCCCC1. The third kappa shape index (κ3) is 15.0. The summed E-state index contributed by atoms with van der Waals surface area (Å²) >= 11 is 0. The van der Waals surface area contributed by atoms with Gasteiger partial charge in [-0.05, 0) is 31.7 Å². The topological polar surface area (TPSA) is 21.3 Å². The van der Waals surface area contributed by atoms with Crippen LogP contribution in [0.4, 0.5) is 0 Å². The number of hydrogen-bond donors (Lipinski definition) is 1. The highest BCUT2D eigenvalue weighted by Gasteiger charge is 2.13. The highest BCUT2D eigenvalue weighted by Crippen LogP contribution is 2.28. The van der Waals surface area contributed by atoms with Crippen molar-refractivity contribution < 1.29 is 4.74 Å². The zero-order valence-corrected chi connectivity index (χ0v) is 19.0. The number of hydrogen-bond acceptors (Lipinski definition) is 2. The lowest BCUT2D eigenvalue weighted by Crippen LogP contribution is -2.30. The summed E-state index contributed by atoms with van der Waals surface area (Å²) in [6.07, 6.45) is 21.2. The van der Waals surface area contributed by atoms with Crippen LogP contribution in [0.2, 0.25) is 0 Å². The minimum absolute atomic E-state index is 0.254. The van der Waals surface area contributed by atoms with Crippen LogP contribution < -0.4 is 5.32 Å². The molecule has 2 atom stereocenters. The second-order valence-electron chi connectivity index (χ2n) is 8.19. The predicted octanol–water partition coefficient (Wildman–Crippen LogP) is 7.71. The van der Waals surface area contributed by atoms with E-state index in [0.717, 1.165) is 24.9 Å². The summed E-state index contributed by atoms with van der Waals surface area (Å²) in [5.41, 5.74) is 0. The highest BCUT2D eigenvalue weighted by atomic mass is 16.5. The first kappa shape index (κ1) is 25.9. The van der Waals surface area contributed by atoms with Gasteiger partial charge in [0.1, 0.15) is 6.23 Å². The smallest absolute Gasteiger partial charge is 0.108 e. The maximum atomic E-state index is 6.05.